The van der Waals surface area contributed by atoms with Gasteiger partial charge >= 0.3 is 17.9 Å². The van der Waals surface area contributed by atoms with E-state index in [4.69, 9.17) is 25.8 Å². The van der Waals surface area contributed by atoms with E-state index in [1.54, 1.807) is 10.9 Å². The van der Waals surface area contributed by atoms with Crippen molar-refractivity contribution in [2.75, 3.05) is 6.61 Å². The Hall–Kier alpha value is -2.75. The molecule has 2 saturated carbocycles. The van der Waals surface area contributed by atoms with Crippen LogP contribution in [0.4, 0.5) is 0 Å². The highest BCUT2D eigenvalue weighted by Gasteiger charge is 2.65. The second-order valence-electron chi connectivity index (χ2n) is 8.14. The monoisotopic (exact) mass is 450 g/mol. The van der Waals surface area contributed by atoms with Crippen molar-refractivity contribution in [3.63, 3.8) is 0 Å². The average molecular weight is 451 g/mol. The molecule has 2 fully saturated rings. The molecule has 2 aliphatic rings. The third-order valence-corrected chi connectivity index (χ3v) is 6.64. The van der Waals surface area contributed by atoms with Crippen LogP contribution in [0, 0.1) is 11.3 Å². The second-order valence-corrected chi connectivity index (χ2v) is 8.49. The fraction of sp³-hybridized carbons (Fsp3) is 0.600. The number of ether oxygens (including phenoxy) is 3. The van der Waals surface area contributed by atoms with Crippen molar-refractivity contribution < 1.29 is 28.6 Å². The van der Waals surface area contributed by atoms with Crippen molar-refractivity contribution in [2.24, 2.45) is 11.3 Å². The summed E-state index contributed by atoms with van der Waals surface area (Å²) in [7, 11) is 0. The van der Waals surface area contributed by atoms with E-state index in [9.17, 15) is 14.4 Å². The van der Waals surface area contributed by atoms with E-state index < -0.39 is 35.6 Å². The number of esters is 3. The van der Waals surface area contributed by atoms with Gasteiger partial charge in [-0.2, -0.15) is 0 Å². The van der Waals surface area contributed by atoms with Crippen LogP contribution in [0.3, 0.4) is 0 Å². The van der Waals surface area contributed by atoms with Gasteiger partial charge in [-0.3, -0.25) is 14.4 Å². The summed E-state index contributed by atoms with van der Waals surface area (Å²) < 4.78 is 18.5. The molecule has 2 aliphatic carbocycles. The summed E-state index contributed by atoms with van der Waals surface area (Å²) in [5.41, 5.74) is 0.428. The van der Waals surface area contributed by atoms with Crippen LogP contribution in [0.15, 0.2) is 12.7 Å². The van der Waals surface area contributed by atoms with Gasteiger partial charge in [-0.05, 0) is 19.3 Å². The fourth-order valence-electron chi connectivity index (χ4n) is 5.00. The highest BCUT2D eigenvalue weighted by molar-refractivity contribution is 6.33. The molecule has 4 rings (SSSR count). The van der Waals surface area contributed by atoms with Gasteiger partial charge in [0.1, 0.15) is 17.9 Å². The minimum absolute atomic E-state index is 0.0307. The van der Waals surface area contributed by atoms with E-state index >= 15 is 0 Å². The lowest BCUT2D eigenvalue weighted by Crippen LogP contribution is -2.52. The molecule has 10 nitrogen and oxygen atoms in total. The van der Waals surface area contributed by atoms with Gasteiger partial charge in [0.2, 0.25) is 0 Å². The molecule has 0 bridgehead atoms. The van der Waals surface area contributed by atoms with Gasteiger partial charge in [0.05, 0.1) is 19.0 Å². The topological polar surface area (TPSA) is 123 Å². The molecule has 0 radical (unpaired) electrons. The standard InChI is InChI=1S/C20H23ClN4O6/c1-10(26)29-7-13-4-5-20(13)6-14(16(30-11(2)27)17(20)31-12(3)28)25-9-24-15-18(21)22-8-23-19(15)25/h8-9,13-14,16-17H,4-7H2,1-3H3/t13-,14+,16?,17?,20+/m0/s1. The maximum absolute atomic E-state index is 12.0. The number of rotatable bonds is 5. The number of carbonyl (C=O) groups excluding carboxylic acids is 3. The minimum Gasteiger partial charge on any atom is -0.466 e. The van der Waals surface area contributed by atoms with Gasteiger partial charge < -0.3 is 18.8 Å². The third-order valence-electron chi connectivity index (χ3n) is 6.36. The Balaban J connectivity index is 1.77. The van der Waals surface area contributed by atoms with Crippen molar-refractivity contribution in [3.05, 3.63) is 17.8 Å². The smallest absolute Gasteiger partial charge is 0.303 e. The van der Waals surface area contributed by atoms with E-state index in [0.29, 0.717) is 17.6 Å². The molecule has 0 aliphatic heterocycles. The molecule has 2 aromatic heterocycles. The number of hydrogen-bond donors (Lipinski definition) is 0. The van der Waals surface area contributed by atoms with Gasteiger partial charge in [0.15, 0.2) is 16.9 Å². The highest BCUT2D eigenvalue weighted by Crippen LogP contribution is 2.62. The van der Waals surface area contributed by atoms with Gasteiger partial charge in [-0.1, -0.05) is 11.6 Å². The van der Waals surface area contributed by atoms with Crippen LogP contribution in [0.5, 0.6) is 0 Å². The number of hydrogen-bond acceptors (Lipinski definition) is 9. The second kappa shape index (κ2) is 8.07. The SMILES string of the molecule is CC(=O)OC[C@@H]1CC[C@@]12C[C@@H](n1cnc3c(Cl)ncnc31)C(OC(C)=O)C2OC(C)=O. The lowest BCUT2D eigenvalue weighted by molar-refractivity contribution is -0.186. The Bertz CT molecular complexity index is 1040. The molecule has 0 aromatic carbocycles. The van der Waals surface area contributed by atoms with Crippen LogP contribution < -0.4 is 0 Å². The third kappa shape index (κ3) is 3.73. The van der Waals surface area contributed by atoms with Crippen molar-refractivity contribution in [3.8, 4) is 0 Å². The molecule has 2 aromatic rings. The first kappa shape index (κ1) is 21.5. The zero-order chi connectivity index (χ0) is 22.3. The van der Waals surface area contributed by atoms with E-state index in [1.807, 2.05) is 0 Å². The average Bonchev–Trinajstić information content (AvgIpc) is 3.22. The first-order chi connectivity index (χ1) is 14.7. The van der Waals surface area contributed by atoms with E-state index in [2.05, 4.69) is 15.0 Å². The molecule has 2 unspecified atom stereocenters. The maximum Gasteiger partial charge on any atom is 0.303 e. The molecule has 0 saturated heterocycles. The summed E-state index contributed by atoms with van der Waals surface area (Å²) in [5.74, 6) is -1.36. The van der Waals surface area contributed by atoms with Crippen LogP contribution in [0.25, 0.3) is 11.2 Å². The summed E-state index contributed by atoms with van der Waals surface area (Å²) in [4.78, 5) is 47.9. The molecular formula is C20H23ClN4O6. The summed E-state index contributed by atoms with van der Waals surface area (Å²) >= 11 is 6.15. The highest BCUT2D eigenvalue weighted by atomic mass is 35.5. The summed E-state index contributed by atoms with van der Waals surface area (Å²) in [6.07, 6.45) is 3.55. The molecule has 0 amide bonds. The number of carbonyl (C=O) groups is 3. The largest absolute Gasteiger partial charge is 0.466 e. The first-order valence-electron chi connectivity index (χ1n) is 10.0. The Morgan fingerprint density at radius 3 is 2.48 bits per heavy atom. The van der Waals surface area contributed by atoms with Gasteiger partial charge in [-0.25, -0.2) is 15.0 Å². The number of halogens is 1. The molecule has 166 valence electrons. The lowest BCUT2D eigenvalue weighted by Gasteiger charge is -2.50. The summed E-state index contributed by atoms with van der Waals surface area (Å²) in [6.45, 7) is 4.21. The zero-order valence-corrected chi connectivity index (χ0v) is 18.2. The molecule has 2 heterocycles. The normalized spacial score (nSPS) is 29.5. The number of aromatic nitrogens is 4. The van der Waals surface area contributed by atoms with Crippen molar-refractivity contribution in [1.29, 1.82) is 0 Å². The van der Waals surface area contributed by atoms with E-state index in [-0.39, 0.29) is 23.6 Å². The van der Waals surface area contributed by atoms with Crippen molar-refractivity contribution in [1.82, 2.24) is 19.5 Å². The molecular weight excluding hydrogens is 428 g/mol. The van der Waals surface area contributed by atoms with Crippen LogP contribution in [-0.2, 0) is 28.6 Å². The Labute approximate surface area is 183 Å². The van der Waals surface area contributed by atoms with Crippen LogP contribution in [0.1, 0.15) is 46.1 Å². The predicted molar refractivity (Wildman–Crippen MR) is 107 cm³/mol. The zero-order valence-electron chi connectivity index (χ0n) is 17.4. The van der Waals surface area contributed by atoms with Gasteiger partial charge in [0, 0.05) is 32.1 Å². The summed E-state index contributed by atoms with van der Waals surface area (Å²) in [6, 6.07) is -0.399. The van der Waals surface area contributed by atoms with Crippen LogP contribution >= 0.6 is 11.6 Å². The quantitative estimate of drug-likeness (QED) is 0.383. The van der Waals surface area contributed by atoms with Crippen LogP contribution in [-0.4, -0.2) is 56.2 Å². The Morgan fingerprint density at radius 2 is 1.87 bits per heavy atom. The maximum atomic E-state index is 12.0. The number of fused-ring (bicyclic) bond motifs is 1. The first-order valence-corrected chi connectivity index (χ1v) is 10.4. The lowest BCUT2D eigenvalue weighted by atomic mass is 9.58. The molecule has 31 heavy (non-hydrogen) atoms. The molecule has 1 spiro atoms. The van der Waals surface area contributed by atoms with E-state index in [0.717, 1.165) is 12.8 Å². The minimum atomic E-state index is -0.757. The van der Waals surface area contributed by atoms with Gasteiger partial charge in [0.25, 0.3) is 0 Å². The van der Waals surface area contributed by atoms with Gasteiger partial charge in [-0.15, -0.1) is 0 Å². The molecule has 5 atom stereocenters. The fourth-order valence-corrected chi connectivity index (χ4v) is 5.18. The molecule has 0 N–H and O–H groups in total. The van der Waals surface area contributed by atoms with E-state index in [1.165, 1.54) is 27.1 Å². The Kier molecular flexibility index (Phi) is 5.59. The van der Waals surface area contributed by atoms with Crippen molar-refractivity contribution in [2.45, 2.75) is 58.3 Å². The number of nitrogens with zero attached hydrogens (tertiary/aromatic N) is 4. The summed E-state index contributed by atoms with van der Waals surface area (Å²) in [5, 5.41) is 0.216. The number of imidazole rings is 1. The molecule has 11 heteroatoms. The van der Waals surface area contributed by atoms with Crippen LogP contribution in [0.2, 0.25) is 5.15 Å². The Morgan fingerprint density at radius 1 is 1.13 bits per heavy atom. The van der Waals surface area contributed by atoms with Crippen molar-refractivity contribution >= 4 is 40.7 Å². The predicted octanol–water partition coefficient (Wildman–Crippen LogP) is 2.25.